The van der Waals surface area contributed by atoms with E-state index in [1.54, 1.807) is 18.2 Å². The van der Waals surface area contributed by atoms with Gasteiger partial charge in [-0.25, -0.2) is 19.4 Å². The highest BCUT2D eigenvalue weighted by atomic mass is 16.6. The quantitative estimate of drug-likeness (QED) is 0.0323. The number of carbonyl (C=O) groups is 6. The third-order valence-electron chi connectivity index (χ3n) is 13.4. The molecule has 0 bridgehead atoms. The van der Waals surface area contributed by atoms with E-state index in [9.17, 15) is 49.0 Å². The lowest BCUT2D eigenvalue weighted by molar-refractivity contribution is -0.385. The van der Waals surface area contributed by atoms with Crippen LogP contribution in [0.15, 0.2) is 109 Å². The van der Waals surface area contributed by atoms with Crippen molar-refractivity contribution in [3.05, 3.63) is 196 Å². The van der Waals surface area contributed by atoms with Crippen molar-refractivity contribution < 1.29 is 43.4 Å². The Labute approximate surface area is 447 Å². The zero-order valence-electron chi connectivity index (χ0n) is 45.3. The highest BCUT2D eigenvalue weighted by Gasteiger charge is 2.41. The van der Waals surface area contributed by atoms with Crippen molar-refractivity contribution in [2.24, 2.45) is 0 Å². The summed E-state index contributed by atoms with van der Waals surface area (Å²) in [5, 5.41) is 21.4. The molecule has 0 radical (unpaired) electrons. The van der Waals surface area contributed by atoms with Gasteiger partial charge in [0.15, 0.2) is 0 Å². The topological polar surface area (TPSA) is 256 Å². The van der Waals surface area contributed by atoms with Gasteiger partial charge in [0.05, 0.1) is 54.6 Å². The molecule has 0 aromatic heterocycles. The van der Waals surface area contributed by atoms with Crippen LogP contribution in [0.25, 0.3) is 0 Å². The van der Waals surface area contributed by atoms with Crippen molar-refractivity contribution in [1.29, 1.82) is 0 Å². The summed E-state index contributed by atoms with van der Waals surface area (Å²) in [7, 11) is 0. The SMILES string of the molecule is CC(C)c1cccc(C(C)C)c1N.CC(C)c1cccc(C(C)C)c1N1C(=O)c2ccc(N)cc2C1=O.CC(C)c1cccc(C(C)C)c1N1C(=O)c2ccc([N+](=O)[O-])cc2C1=O.O=C1OC(=O)c2cc([N+](=O)[O-])ccc21. The van der Waals surface area contributed by atoms with Crippen molar-refractivity contribution in [1.82, 2.24) is 0 Å². The smallest absolute Gasteiger partial charge is 0.347 e. The van der Waals surface area contributed by atoms with E-state index >= 15 is 0 Å². The van der Waals surface area contributed by atoms with Gasteiger partial charge in [-0.1, -0.05) is 138 Å². The average Bonchev–Trinajstić information content (AvgIpc) is 3.91. The van der Waals surface area contributed by atoms with Crippen LogP contribution in [0.3, 0.4) is 0 Å². The van der Waals surface area contributed by atoms with Crippen LogP contribution in [-0.4, -0.2) is 45.4 Å². The average molecular weight is 1050 g/mol. The van der Waals surface area contributed by atoms with Crippen molar-refractivity contribution in [2.75, 3.05) is 21.3 Å². The van der Waals surface area contributed by atoms with Crippen LogP contribution in [0, 0.1) is 20.2 Å². The number of amides is 4. The third-order valence-corrected chi connectivity index (χ3v) is 13.4. The first-order chi connectivity index (χ1) is 36.2. The summed E-state index contributed by atoms with van der Waals surface area (Å²) >= 11 is 0. The first-order valence-corrected chi connectivity index (χ1v) is 25.3. The molecular weight excluding hydrogens is 981 g/mol. The molecule has 9 rings (SSSR count). The number of para-hydroxylation sites is 3. The second kappa shape index (κ2) is 23.4. The molecule has 4 amide bonds. The Morgan fingerprint density at radius 3 is 1.05 bits per heavy atom. The molecule has 77 heavy (non-hydrogen) atoms. The van der Waals surface area contributed by atoms with E-state index in [0.717, 1.165) is 45.8 Å². The lowest BCUT2D eigenvalue weighted by atomic mass is 9.92. The van der Waals surface area contributed by atoms with E-state index in [1.165, 1.54) is 45.2 Å². The number of cyclic esters (lactones) is 2. The molecule has 6 aromatic rings. The Bertz CT molecular complexity index is 3300. The number of nitro benzene ring substituents is 2. The van der Waals surface area contributed by atoms with Gasteiger partial charge in [-0.05, 0) is 99.2 Å². The first kappa shape index (κ1) is 57.4. The summed E-state index contributed by atoms with van der Waals surface area (Å²) in [5.41, 5.74) is 21.7. The molecule has 0 aliphatic carbocycles. The number of non-ortho nitro benzene ring substituents is 2. The zero-order chi connectivity index (χ0) is 57.1. The van der Waals surface area contributed by atoms with Crippen LogP contribution in [0.1, 0.15) is 214 Å². The van der Waals surface area contributed by atoms with Gasteiger partial charge in [0.1, 0.15) is 0 Å². The second-order valence-electron chi connectivity index (χ2n) is 20.7. The van der Waals surface area contributed by atoms with Crippen LogP contribution in [-0.2, 0) is 4.74 Å². The van der Waals surface area contributed by atoms with Gasteiger partial charge in [0, 0.05) is 35.6 Å². The van der Waals surface area contributed by atoms with Crippen molar-refractivity contribution in [3.8, 4) is 0 Å². The highest BCUT2D eigenvalue weighted by Crippen LogP contribution is 2.42. The predicted octanol–water partition coefficient (Wildman–Crippen LogP) is 13.4. The van der Waals surface area contributed by atoms with Crippen LogP contribution < -0.4 is 21.3 Å². The number of hydrogen-bond donors (Lipinski definition) is 2. The number of imide groups is 2. The minimum Gasteiger partial charge on any atom is -0.399 e. The molecule has 0 unspecified atom stereocenters. The van der Waals surface area contributed by atoms with Crippen LogP contribution in [0.2, 0.25) is 0 Å². The molecule has 0 atom stereocenters. The van der Waals surface area contributed by atoms with E-state index in [-0.39, 0.29) is 69.1 Å². The summed E-state index contributed by atoms with van der Waals surface area (Å²) in [5.74, 6) is -1.46. The van der Waals surface area contributed by atoms with Gasteiger partial charge < -0.3 is 16.2 Å². The molecule has 3 aliphatic heterocycles. The number of nitrogens with zero attached hydrogens (tertiary/aromatic N) is 4. The van der Waals surface area contributed by atoms with E-state index in [4.69, 9.17) is 11.5 Å². The van der Waals surface area contributed by atoms with Crippen molar-refractivity contribution >= 4 is 69.7 Å². The standard InChI is InChI=1S/C20H20N2O4.C20H22N2O2.C12H19N.C8H3NO5/c1-11(2)14-6-5-7-15(12(3)4)18(14)21-19(23)16-9-8-13(22(25)26)10-17(16)20(21)24;1-11(2)14-6-5-7-15(12(3)4)18(14)22-19(23)16-9-8-13(21)10-17(16)20(22)24;1-8(2)10-6-5-7-11(9(3)4)12(10)13;10-7-5-2-1-4(9(12)13)3-6(5)8(11)14-7/h5-12H,1-4H3;5-12H,21H2,1-4H3;5-9H,13H2,1-4H3;1-3H. The zero-order valence-corrected chi connectivity index (χ0v) is 45.3. The highest BCUT2D eigenvalue weighted by molar-refractivity contribution is 6.36. The molecule has 0 fully saturated rings. The summed E-state index contributed by atoms with van der Waals surface area (Å²) in [4.78, 5) is 96.5. The monoisotopic (exact) mass is 1040 g/mol. The number of nitro groups is 2. The second-order valence-corrected chi connectivity index (χ2v) is 20.7. The molecule has 3 heterocycles. The molecule has 4 N–H and O–H groups in total. The maximum absolute atomic E-state index is 13.0. The number of hydrogen-bond acceptors (Lipinski definition) is 13. The minimum absolute atomic E-state index is 0.0517. The van der Waals surface area contributed by atoms with E-state index in [2.05, 4.69) is 78.3 Å². The third kappa shape index (κ3) is 11.7. The van der Waals surface area contributed by atoms with Gasteiger partial charge in [0.25, 0.3) is 35.0 Å². The molecule has 17 heteroatoms. The summed E-state index contributed by atoms with van der Waals surface area (Å²) < 4.78 is 4.27. The number of carbonyl (C=O) groups excluding carboxylic acids is 6. The molecular formula is C60H64N6O11. The van der Waals surface area contributed by atoms with Crippen molar-refractivity contribution in [3.63, 3.8) is 0 Å². The maximum atomic E-state index is 13.0. The lowest BCUT2D eigenvalue weighted by Crippen LogP contribution is -2.31. The number of anilines is 4. The molecule has 6 aromatic carbocycles. The summed E-state index contributed by atoms with van der Waals surface area (Å²) in [6, 6.07) is 30.1. The van der Waals surface area contributed by atoms with Gasteiger partial charge >= 0.3 is 11.9 Å². The van der Waals surface area contributed by atoms with E-state index in [0.29, 0.717) is 34.3 Å². The van der Waals surface area contributed by atoms with Gasteiger partial charge in [-0.15, -0.1) is 0 Å². The summed E-state index contributed by atoms with van der Waals surface area (Å²) in [6.45, 7) is 25.0. The van der Waals surface area contributed by atoms with Gasteiger partial charge in [0.2, 0.25) is 0 Å². The molecule has 400 valence electrons. The van der Waals surface area contributed by atoms with Crippen LogP contribution >= 0.6 is 0 Å². The minimum atomic E-state index is -0.839. The number of esters is 2. The Kier molecular flexibility index (Phi) is 17.4. The molecule has 17 nitrogen and oxygen atoms in total. The fourth-order valence-corrected chi connectivity index (χ4v) is 9.34. The number of benzene rings is 6. The predicted molar refractivity (Wildman–Crippen MR) is 297 cm³/mol. The van der Waals surface area contributed by atoms with E-state index in [1.807, 2.05) is 64.1 Å². The number of rotatable bonds is 10. The number of nitrogen functional groups attached to an aromatic ring is 2. The number of nitrogens with two attached hydrogens (primary N) is 2. The molecule has 0 saturated carbocycles. The number of fused-ring (bicyclic) bond motifs is 3. The largest absolute Gasteiger partial charge is 0.399 e. The maximum Gasteiger partial charge on any atom is 0.347 e. The molecule has 0 spiro atoms. The fraction of sp³-hybridized carbons (Fsp3) is 0.300. The van der Waals surface area contributed by atoms with Gasteiger partial charge in [-0.3, -0.25) is 39.4 Å². The Balaban J connectivity index is 0.000000173. The Morgan fingerprint density at radius 2 is 0.688 bits per heavy atom. The summed E-state index contributed by atoms with van der Waals surface area (Å²) in [6.07, 6.45) is 0. The number of ether oxygens (including phenoxy) is 1. The van der Waals surface area contributed by atoms with Gasteiger partial charge in [-0.2, -0.15) is 0 Å². The van der Waals surface area contributed by atoms with Crippen LogP contribution in [0.4, 0.5) is 34.1 Å². The Hall–Kier alpha value is -8.86. The molecule has 3 aliphatic rings. The van der Waals surface area contributed by atoms with E-state index < -0.39 is 33.6 Å². The first-order valence-electron chi connectivity index (χ1n) is 25.3. The normalized spacial score (nSPS) is 13.4. The lowest BCUT2D eigenvalue weighted by Gasteiger charge is -2.25. The molecule has 0 saturated heterocycles. The van der Waals surface area contributed by atoms with Crippen molar-refractivity contribution in [2.45, 2.75) is 119 Å². The fourth-order valence-electron chi connectivity index (χ4n) is 9.34. The Morgan fingerprint density at radius 1 is 0.390 bits per heavy atom. The van der Waals surface area contributed by atoms with Crippen LogP contribution in [0.5, 0.6) is 0 Å².